The van der Waals surface area contributed by atoms with E-state index in [0.717, 1.165) is 14.6 Å². The largest absolute Gasteiger partial charge is 0.551 e. The molecule has 23 heteroatoms. The number of thiophene rings is 3. The van der Waals surface area contributed by atoms with Gasteiger partial charge in [-0.15, -0.1) is 34.0 Å². The van der Waals surface area contributed by atoms with E-state index in [-0.39, 0.29) is 76.5 Å². The summed E-state index contributed by atoms with van der Waals surface area (Å²) in [5, 5.41) is 64.2. The smallest absolute Gasteiger partial charge is 0.508 e. The minimum atomic E-state index is -1.82. The number of amides is 2. The fraction of sp³-hybridized carbons (Fsp3) is 0.528. The van der Waals surface area contributed by atoms with Crippen molar-refractivity contribution >= 4 is 85.1 Å². The van der Waals surface area contributed by atoms with E-state index < -0.39 is 94.0 Å². The van der Waals surface area contributed by atoms with Crippen molar-refractivity contribution in [3.05, 3.63) is 67.2 Å². The van der Waals surface area contributed by atoms with Gasteiger partial charge in [-0.25, -0.2) is 0 Å². The van der Waals surface area contributed by atoms with Crippen molar-refractivity contribution in [2.24, 2.45) is 0 Å². The Kier molecular flexibility index (Phi) is 18.4. The zero-order valence-corrected chi connectivity index (χ0v) is 34.5. The Morgan fingerprint density at radius 2 is 1.24 bits per heavy atom. The molecule has 2 aliphatic rings. The molecule has 0 saturated carbocycles. The van der Waals surface area contributed by atoms with Gasteiger partial charge in [-0.1, -0.05) is 18.2 Å². The van der Waals surface area contributed by atoms with Gasteiger partial charge in [-0.2, -0.15) is 0 Å². The highest BCUT2D eigenvalue weighted by Gasteiger charge is 2.45. The molecule has 1 unspecified atom stereocenters. The molecule has 2 fully saturated rings. The van der Waals surface area contributed by atoms with Crippen LogP contribution in [0.3, 0.4) is 0 Å². The van der Waals surface area contributed by atoms with Gasteiger partial charge < -0.3 is 54.6 Å². The van der Waals surface area contributed by atoms with Crippen molar-refractivity contribution in [1.82, 2.24) is 16.0 Å². The van der Waals surface area contributed by atoms with Crippen molar-refractivity contribution < 1.29 is 68.0 Å². The van der Waals surface area contributed by atoms with E-state index in [9.17, 15) is 44.2 Å². The molecule has 3 aromatic heterocycles. The number of aliphatic hydroxyl groups is 2. The highest BCUT2D eigenvalue weighted by atomic mass is 32.1. The van der Waals surface area contributed by atoms with E-state index in [4.69, 9.17) is 23.7 Å². The van der Waals surface area contributed by atoms with Gasteiger partial charge in [0.2, 0.25) is 11.8 Å². The fourth-order valence-electron chi connectivity index (χ4n) is 6.81. The first-order valence-corrected chi connectivity index (χ1v) is 22.0. The van der Waals surface area contributed by atoms with E-state index >= 15 is 0 Å². The van der Waals surface area contributed by atoms with Crippen LogP contribution in [-0.2, 0) is 61.9 Å². The van der Waals surface area contributed by atoms with Crippen LogP contribution in [0.1, 0.15) is 72.4 Å². The molecule has 0 aliphatic carbocycles. The summed E-state index contributed by atoms with van der Waals surface area (Å²) in [5.74, 6) is -5.98. The van der Waals surface area contributed by atoms with E-state index in [2.05, 4.69) is 16.0 Å². The monoisotopic (exact) mass is 875 g/mol. The number of carboxylic acids is 1. The van der Waals surface area contributed by atoms with Crippen LogP contribution in [0, 0.1) is 0 Å². The number of carboxylic acid groups (broad SMARTS) is 1. The second kappa shape index (κ2) is 23.4. The Bertz CT molecular complexity index is 1780. The lowest BCUT2D eigenvalue weighted by Crippen LogP contribution is -2.56. The normalized spacial score (nSPS) is 19.5. The molecule has 8 N–H and O–H groups in total. The van der Waals surface area contributed by atoms with Gasteiger partial charge in [0.1, 0.15) is 6.23 Å². The third-order valence-electron chi connectivity index (χ3n) is 9.68. The quantitative estimate of drug-likeness (QED) is 0.0462. The molecule has 3 aromatic rings. The predicted molar refractivity (Wildman–Crippen MR) is 220 cm³/mol. The first kappa shape index (κ1) is 46.4. The molecule has 0 bridgehead atoms. The predicted octanol–water partition coefficient (Wildman–Crippen LogP) is 1.05. The van der Waals surface area contributed by atoms with Crippen molar-refractivity contribution in [3.63, 3.8) is 0 Å². The van der Waals surface area contributed by atoms with Gasteiger partial charge in [-0.05, 0) is 72.9 Å². The number of nitrogens with one attached hydrogen (secondary N) is 3. The Labute approximate surface area is 354 Å². The summed E-state index contributed by atoms with van der Waals surface area (Å²) in [5.41, 5.74) is 0. The summed E-state index contributed by atoms with van der Waals surface area (Å²) in [6.07, 6.45) is -3.78. The van der Waals surface area contributed by atoms with Crippen LogP contribution in [0.2, 0.25) is 0 Å². The van der Waals surface area contributed by atoms with Crippen LogP contribution in [0.15, 0.2) is 52.5 Å². The number of hydrogen-bond donors (Lipinski definition) is 8. The summed E-state index contributed by atoms with van der Waals surface area (Å²) in [6.45, 7) is 0. The molecule has 2 aliphatic heterocycles. The molecule has 5 heterocycles. The number of aliphatic hydroxyl groups excluding tert-OH is 2. The highest BCUT2D eigenvalue weighted by molar-refractivity contribution is 7.10. The molecule has 7 atom stereocenters. The molecule has 2 amide bonds. The number of hydrogen-bond acceptors (Lipinski definition) is 17. The Morgan fingerprint density at radius 1 is 0.746 bits per heavy atom. The molecular formula is C36H48B3N3O14S3. The molecule has 0 spiro atoms. The SMILES string of the molecule is O=C(O)C[C@@H](O)CC[C@H](NC(=O)Cc1cccs1)B1OC(=O)C[C@H](CC[C@H](NC(=O)Cc2cccs2)B2OC(=O)C[C@H](CC[C@H](NC(O)Cc3cccs3)B(O)O)O2)O1. The summed E-state index contributed by atoms with van der Waals surface area (Å²) in [4.78, 5) is 65.9. The molecule has 17 nitrogen and oxygen atoms in total. The van der Waals surface area contributed by atoms with Crippen molar-refractivity contribution in [2.75, 3.05) is 0 Å². The van der Waals surface area contributed by atoms with E-state index in [1.54, 1.807) is 12.1 Å². The summed E-state index contributed by atoms with van der Waals surface area (Å²) < 4.78 is 23.6. The standard InChI is InChI=1S/C36H48B3N3O14S3/c43-22(16-34(47)48)7-10-29(41-32(45)20-26-5-2-14-58-26)38-54-24(18-36(50)55-38)9-12-30(42-33(46)21-27-6-3-15-59-27)39-53-23(17-35(49)56-39)8-11-28(37(51)52)40-31(44)19-25-4-1-13-57-25/h1-6,13-15,22-24,28-31,40,43-44,51-52H,7-12,16-21H2,(H,41,45)(H,42,46)(H,47,48)/t22-,23-,24-,28-,29-,30-,31?/m0/s1. The molecule has 59 heavy (non-hydrogen) atoms. The van der Waals surface area contributed by atoms with Crippen LogP contribution in [0.5, 0.6) is 0 Å². The number of carbonyl (C=O) groups is 5. The van der Waals surface area contributed by atoms with Gasteiger partial charge in [0.05, 0.1) is 62.3 Å². The molecule has 318 valence electrons. The summed E-state index contributed by atoms with van der Waals surface area (Å²) >= 11 is 4.24. The third-order valence-corrected chi connectivity index (χ3v) is 12.3. The van der Waals surface area contributed by atoms with Crippen molar-refractivity contribution in [2.45, 2.75) is 119 Å². The zero-order valence-electron chi connectivity index (χ0n) is 32.1. The Morgan fingerprint density at radius 3 is 1.71 bits per heavy atom. The molecule has 2 saturated heterocycles. The Balaban J connectivity index is 1.24. The van der Waals surface area contributed by atoms with Crippen LogP contribution < -0.4 is 16.0 Å². The van der Waals surface area contributed by atoms with Crippen LogP contribution in [0.4, 0.5) is 0 Å². The molecule has 5 rings (SSSR count). The highest BCUT2D eigenvalue weighted by Crippen LogP contribution is 2.25. The molecule has 0 aromatic carbocycles. The van der Waals surface area contributed by atoms with Gasteiger partial charge in [0.15, 0.2) is 0 Å². The zero-order chi connectivity index (χ0) is 42.3. The lowest BCUT2D eigenvalue weighted by Gasteiger charge is -2.35. The summed E-state index contributed by atoms with van der Waals surface area (Å²) in [7, 11) is -4.36. The maximum Gasteiger partial charge on any atom is 0.551 e. The Hall–Kier alpha value is -3.64. The van der Waals surface area contributed by atoms with E-state index in [1.807, 2.05) is 40.4 Å². The van der Waals surface area contributed by atoms with Crippen LogP contribution >= 0.6 is 34.0 Å². The van der Waals surface area contributed by atoms with Gasteiger partial charge in [0.25, 0.3) is 11.9 Å². The summed E-state index contributed by atoms with van der Waals surface area (Å²) in [6, 6.07) is 10.9. The van der Waals surface area contributed by atoms with Crippen LogP contribution in [0.25, 0.3) is 0 Å². The second-order valence-electron chi connectivity index (χ2n) is 14.5. The number of aliphatic carboxylic acids is 1. The topological polar surface area (TPSA) is 260 Å². The van der Waals surface area contributed by atoms with E-state index in [0.29, 0.717) is 0 Å². The number of carbonyl (C=O) groups excluding carboxylic acids is 4. The number of rotatable bonds is 24. The van der Waals surface area contributed by atoms with Crippen LogP contribution in [-0.4, -0.2) is 119 Å². The fourth-order valence-corrected chi connectivity index (χ4v) is 8.96. The lowest BCUT2D eigenvalue weighted by atomic mass is 9.71. The first-order valence-electron chi connectivity index (χ1n) is 19.4. The molecular weight excluding hydrogens is 827 g/mol. The average molecular weight is 875 g/mol. The lowest BCUT2D eigenvalue weighted by molar-refractivity contribution is -0.143. The minimum Gasteiger partial charge on any atom is -0.508 e. The van der Waals surface area contributed by atoms with Crippen molar-refractivity contribution in [3.8, 4) is 0 Å². The maximum atomic E-state index is 13.3. The van der Waals surface area contributed by atoms with Gasteiger partial charge in [0, 0.05) is 27.0 Å². The maximum absolute atomic E-state index is 13.3. The second-order valence-corrected chi connectivity index (χ2v) is 17.6. The average Bonchev–Trinajstić information content (AvgIpc) is 3.99. The van der Waals surface area contributed by atoms with E-state index in [1.165, 1.54) is 34.0 Å². The van der Waals surface area contributed by atoms with Crippen molar-refractivity contribution in [1.29, 1.82) is 0 Å². The first-order chi connectivity index (χ1) is 28.3. The minimum absolute atomic E-state index is 0.0290. The molecule has 0 radical (unpaired) electrons. The van der Waals surface area contributed by atoms with Gasteiger partial charge in [-0.3, -0.25) is 29.3 Å². The van der Waals surface area contributed by atoms with Gasteiger partial charge >= 0.3 is 27.3 Å². The third kappa shape index (κ3) is 16.1.